The molecule has 20 heavy (non-hydrogen) atoms. The van der Waals surface area contributed by atoms with Gasteiger partial charge < -0.3 is 15.2 Å². The van der Waals surface area contributed by atoms with Crippen molar-refractivity contribution in [2.24, 2.45) is 0 Å². The third-order valence-electron chi connectivity index (χ3n) is 4.06. The fraction of sp³-hybridized carbons (Fsp3) is 0.857. The zero-order valence-corrected chi connectivity index (χ0v) is 12.0. The van der Waals surface area contributed by atoms with E-state index in [1.807, 2.05) is 0 Å². The number of nitrogens with zero attached hydrogens (tertiary/aromatic N) is 1. The summed E-state index contributed by atoms with van der Waals surface area (Å²) >= 11 is 0. The summed E-state index contributed by atoms with van der Waals surface area (Å²) < 4.78 is 5.68. The summed E-state index contributed by atoms with van der Waals surface area (Å²) in [5.41, 5.74) is 0. The zero-order valence-electron chi connectivity index (χ0n) is 12.0. The smallest absolute Gasteiger partial charge is 0.246 e. The Morgan fingerprint density at radius 3 is 2.65 bits per heavy atom. The molecule has 2 atom stereocenters. The van der Waals surface area contributed by atoms with E-state index in [0.717, 1.165) is 17.7 Å². The Labute approximate surface area is 119 Å². The Balaban J connectivity index is 1.63. The second-order valence-corrected chi connectivity index (χ2v) is 5.70. The summed E-state index contributed by atoms with van der Waals surface area (Å²) in [5, 5.41) is 12.8. The van der Waals surface area contributed by atoms with Crippen LogP contribution in [0.25, 0.3) is 0 Å². The van der Waals surface area contributed by atoms with Gasteiger partial charge in [-0.05, 0) is 12.8 Å². The summed E-state index contributed by atoms with van der Waals surface area (Å²) in [6.07, 6.45) is 5.60. The van der Waals surface area contributed by atoms with Crippen LogP contribution < -0.4 is 5.32 Å². The van der Waals surface area contributed by atoms with Crippen LogP contribution in [-0.2, 0) is 14.3 Å². The van der Waals surface area contributed by atoms with Crippen LogP contribution in [0.2, 0.25) is 0 Å². The molecule has 0 aromatic carbocycles. The first-order valence-corrected chi connectivity index (χ1v) is 7.41. The molecule has 6 heteroatoms. The van der Waals surface area contributed by atoms with Crippen molar-refractivity contribution in [3.8, 4) is 0 Å². The van der Waals surface area contributed by atoms with E-state index < -0.39 is 12.1 Å². The lowest BCUT2D eigenvalue weighted by atomic mass is 9.98. The molecule has 2 N–H and O–H groups in total. The number of aliphatic hydroxyl groups is 1. The lowest BCUT2D eigenvalue weighted by molar-refractivity contribution is -0.137. The molecule has 0 spiro atoms. The molecular formula is C14H24N2O4. The first kappa shape index (κ1) is 15.4. The average Bonchev–Trinajstić information content (AvgIpc) is 2.71. The normalized spacial score (nSPS) is 26.3. The van der Waals surface area contributed by atoms with Crippen molar-refractivity contribution in [3.63, 3.8) is 0 Å². The largest absolute Gasteiger partial charge is 0.389 e. The van der Waals surface area contributed by atoms with Gasteiger partial charge in [0, 0.05) is 13.6 Å². The number of amides is 2. The standard InChI is InChI=1S/C14H24N2O4/c1-16-13(18)7-12(14(16)19)15-8-10(17)9-20-11-5-3-2-4-6-11/h10-12,15,17H,2-9H2,1H3. The third kappa shape index (κ3) is 4.01. The summed E-state index contributed by atoms with van der Waals surface area (Å²) in [4.78, 5) is 24.1. The molecule has 0 aromatic rings. The van der Waals surface area contributed by atoms with Crippen molar-refractivity contribution >= 4 is 11.8 Å². The number of likely N-dealkylation sites (N-methyl/N-ethyl adjacent to an activating group) is 1. The minimum absolute atomic E-state index is 0.172. The average molecular weight is 284 g/mol. The molecule has 1 aliphatic carbocycles. The lowest BCUT2D eigenvalue weighted by Crippen LogP contribution is -2.42. The van der Waals surface area contributed by atoms with Gasteiger partial charge in [0.2, 0.25) is 11.8 Å². The van der Waals surface area contributed by atoms with E-state index in [-0.39, 0.29) is 37.5 Å². The lowest BCUT2D eigenvalue weighted by Gasteiger charge is -2.23. The predicted molar refractivity (Wildman–Crippen MR) is 73.0 cm³/mol. The van der Waals surface area contributed by atoms with Crippen LogP contribution in [0.3, 0.4) is 0 Å². The maximum absolute atomic E-state index is 11.7. The molecule has 1 saturated carbocycles. The van der Waals surface area contributed by atoms with Gasteiger partial charge in [-0.25, -0.2) is 0 Å². The first-order valence-electron chi connectivity index (χ1n) is 7.41. The minimum Gasteiger partial charge on any atom is -0.389 e. The maximum atomic E-state index is 11.7. The fourth-order valence-corrected chi connectivity index (χ4v) is 2.73. The van der Waals surface area contributed by atoms with E-state index in [4.69, 9.17) is 4.74 Å². The molecule has 2 aliphatic rings. The van der Waals surface area contributed by atoms with Gasteiger partial charge in [-0.2, -0.15) is 0 Å². The molecule has 114 valence electrons. The molecule has 0 aromatic heterocycles. The number of ether oxygens (including phenoxy) is 1. The second kappa shape index (κ2) is 7.15. The van der Waals surface area contributed by atoms with Crippen LogP contribution in [0.1, 0.15) is 38.5 Å². The van der Waals surface area contributed by atoms with Gasteiger partial charge >= 0.3 is 0 Å². The van der Waals surface area contributed by atoms with Crippen LogP contribution >= 0.6 is 0 Å². The van der Waals surface area contributed by atoms with Crippen molar-refractivity contribution in [2.75, 3.05) is 20.2 Å². The number of nitrogens with one attached hydrogen (secondary N) is 1. The number of carbonyl (C=O) groups is 2. The SMILES string of the molecule is CN1C(=O)CC(NCC(O)COC2CCCCC2)C1=O. The highest BCUT2D eigenvalue weighted by atomic mass is 16.5. The third-order valence-corrected chi connectivity index (χ3v) is 4.06. The van der Waals surface area contributed by atoms with Crippen LogP contribution in [0.4, 0.5) is 0 Å². The van der Waals surface area contributed by atoms with Crippen molar-refractivity contribution in [3.05, 3.63) is 0 Å². The second-order valence-electron chi connectivity index (χ2n) is 5.70. The van der Waals surface area contributed by atoms with Crippen molar-refractivity contribution in [1.82, 2.24) is 10.2 Å². The van der Waals surface area contributed by atoms with Gasteiger partial charge in [0.05, 0.1) is 31.3 Å². The Bertz CT molecular complexity index is 355. The molecule has 0 bridgehead atoms. The summed E-state index contributed by atoms with van der Waals surface area (Å²) in [7, 11) is 1.48. The number of rotatable bonds is 6. The summed E-state index contributed by atoms with van der Waals surface area (Å²) in [6, 6.07) is -0.503. The van der Waals surface area contributed by atoms with Gasteiger partial charge in [-0.1, -0.05) is 19.3 Å². The molecular weight excluding hydrogens is 260 g/mol. The van der Waals surface area contributed by atoms with Gasteiger partial charge in [0.1, 0.15) is 0 Å². The van der Waals surface area contributed by atoms with Crippen molar-refractivity contribution in [1.29, 1.82) is 0 Å². The quantitative estimate of drug-likeness (QED) is 0.674. The van der Waals surface area contributed by atoms with Crippen molar-refractivity contribution < 1.29 is 19.4 Å². The number of imide groups is 1. The highest BCUT2D eigenvalue weighted by Gasteiger charge is 2.35. The zero-order chi connectivity index (χ0) is 14.5. The van der Waals surface area contributed by atoms with Gasteiger partial charge in [-0.3, -0.25) is 14.5 Å². The molecule has 1 aliphatic heterocycles. The maximum Gasteiger partial charge on any atom is 0.246 e. The van der Waals surface area contributed by atoms with E-state index in [1.54, 1.807) is 0 Å². The molecule has 2 rings (SSSR count). The number of hydrogen-bond donors (Lipinski definition) is 2. The predicted octanol–water partition coefficient (Wildman–Crippen LogP) is 0.0435. The monoisotopic (exact) mass is 284 g/mol. The number of aliphatic hydroxyl groups excluding tert-OH is 1. The van der Waals surface area contributed by atoms with Crippen LogP contribution in [0.5, 0.6) is 0 Å². The summed E-state index contributed by atoms with van der Waals surface area (Å²) in [6.45, 7) is 0.548. The van der Waals surface area contributed by atoms with Crippen LogP contribution in [0, 0.1) is 0 Å². The first-order chi connectivity index (χ1) is 9.58. The van der Waals surface area contributed by atoms with Gasteiger partial charge in [0.25, 0.3) is 0 Å². The number of likely N-dealkylation sites (tertiary alicyclic amines) is 1. The van der Waals surface area contributed by atoms with E-state index in [2.05, 4.69) is 5.32 Å². The Morgan fingerprint density at radius 2 is 2.05 bits per heavy atom. The highest BCUT2D eigenvalue weighted by Crippen LogP contribution is 2.20. The van der Waals surface area contributed by atoms with E-state index in [1.165, 1.54) is 26.3 Å². The highest BCUT2D eigenvalue weighted by molar-refractivity contribution is 6.05. The minimum atomic E-state index is -0.647. The molecule has 2 fully saturated rings. The number of hydrogen-bond acceptors (Lipinski definition) is 5. The molecule has 0 radical (unpaired) electrons. The van der Waals surface area contributed by atoms with Gasteiger partial charge in [-0.15, -0.1) is 0 Å². The van der Waals surface area contributed by atoms with Gasteiger partial charge in [0.15, 0.2) is 0 Å². The van der Waals surface area contributed by atoms with E-state index in [9.17, 15) is 14.7 Å². The summed E-state index contributed by atoms with van der Waals surface area (Å²) in [5.74, 6) is -0.407. The Kier molecular flexibility index (Phi) is 5.51. The Morgan fingerprint density at radius 1 is 1.35 bits per heavy atom. The van der Waals surface area contributed by atoms with E-state index >= 15 is 0 Å². The molecule has 1 saturated heterocycles. The van der Waals surface area contributed by atoms with Crippen LogP contribution in [-0.4, -0.2) is 60.3 Å². The van der Waals surface area contributed by atoms with Crippen molar-refractivity contribution in [2.45, 2.75) is 56.8 Å². The van der Waals surface area contributed by atoms with E-state index in [0.29, 0.717) is 0 Å². The molecule has 2 unspecified atom stereocenters. The molecule has 1 heterocycles. The fourth-order valence-electron chi connectivity index (χ4n) is 2.73. The van der Waals surface area contributed by atoms with Crippen LogP contribution in [0.15, 0.2) is 0 Å². The Hall–Kier alpha value is -0.980. The number of carbonyl (C=O) groups excluding carboxylic acids is 2. The molecule has 6 nitrogen and oxygen atoms in total. The topological polar surface area (TPSA) is 78.9 Å². The molecule has 2 amide bonds.